The SMILES string of the molecule is CCOC(=O)CC1(N2CCOCC2)CCSC1. The van der Waals surface area contributed by atoms with Crippen molar-refractivity contribution < 1.29 is 14.3 Å². The van der Waals surface area contributed by atoms with Gasteiger partial charge in [0.05, 0.1) is 26.2 Å². The zero-order valence-electron chi connectivity index (χ0n) is 10.4. The molecule has 1 unspecified atom stereocenters. The largest absolute Gasteiger partial charge is 0.466 e. The fraction of sp³-hybridized carbons (Fsp3) is 0.917. The molecule has 0 bridgehead atoms. The second-order valence-electron chi connectivity index (χ2n) is 4.61. The van der Waals surface area contributed by atoms with Crippen molar-refractivity contribution in [1.29, 1.82) is 0 Å². The Morgan fingerprint density at radius 2 is 2.24 bits per heavy atom. The summed E-state index contributed by atoms with van der Waals surface area (Å²) in [5, 5.41) is 0. The maximum atomic E-state index is 11.8. The highest BCUT2D eigenvalue weighted by Gasteiger charge is 2.42. The third-order valence-corrected chi connectivity index (χ3v) is 4.78. The molecule has 1 atom stereocenters. The first-order valence-corrected chi connectivity index (χ1v) is 7.48. The predicted octanol–water partition coefficient (Wildman–Crippen LogP) is 1.15. The van der Waals surface area contributed by atoms with Crippen molar-refractivity contribution in [3.05, 3.63) is 0 Å². The number of carbonyl (C=O) groups excluding carboxylic acids is 1. The molecule has 2 rings (SSSR count). The average Bonchev–Trinajstić information content (AvgIpc) is 2.80. The van der Waals surface area contributed by atoms with Gasteiger partial charge in [-0.25, -0.2) is 0 Å². The monoisotopic (exact) mass is 259 g/mol. The Bertz CT molecular complexity index is 260. The van der Waals surface area contributed by atoms with Gasteiger partial charge in [0.1, 0.15) is 0 Å². The highest BCUT2D eigenvalue weighted by atomic mass is 32.2. The van der Waals surface area contributed by atoms with E-state index in [2.05, 4.69) is 4.90 Å². The summed E-state index contributed by atoms with van der Waals surface area (Å²) in [6.45, 7) is 5.80. The summed E-state index contributed by atoms with van der Waals surface area (Å²) in [6.07, 6.45) is 1.63. The van der Waals surface area contributed by atoms with Crippen LogP contribution in [0.5, 0.6) is 0 Å². The molecule has 2 aliphatic heterocycles. The first-order chi connectivity index (χ1) is 8.27. The topological polar surface area (TPSA) is 38.8 Å². The normalized spacial score (nSPS) is 30.4. The van der Waals surface area contributed by atoms with Crippen LogP contribution in [0.15, 0.2) is 0 Å². The van der Waals surface area contributed by atoms with E-state index < -0.39 is 0 Å². The highest BCUT2D eigenvalue weighted by Crippen LogP contribution is 2.37. The standard InChI is InChI=1S/C12H21NO3S/c1-2-16-11(14)9-12(3-8-17-10-12)13-4-6-15-7-5-13/h2-10H2,1H3. The van der Waals surface area contributed by atoms with E-state index in [1.54, 1.807) is 0 Å². The molecule has 0 aromatic rings. The zero-order chi connectivity index (χ0) is 12.1. The predicted molar refractivity (Wildman–Crippen MR) is 68.3 cm³/mol. The number of hydrogen-bond acceptors (Lipinski definition) is 5. The van der Waals surface area contributed by atoms with Gasteiger partial charge >= 0.3 is 5.97 Å². The van der Waals surface area contributed by atoms with Gasteiger partial charge < -0.3 is 9.47 Å². The van der Waals surface area contributed by atoms with E-state index in [0.717, 1.165) is 44.2 Å². The Hall–Kier alpha value is -0.260. The van der Waals surface area contributed by atoms with E-state index in [1.165, 1.54) is 0 Å². The number of morpholine rings is 1. The van der Waals surface area contributed by atoms with Crippen LogP contribution in [-0.4, -0.2) is 60.8 Å². The van der Waals surface area contributed by atoms with Crippen LogP contribution in [0.1, 0.15) is 19.8 Å². The van der Waals surface area contributed by atoms with Gasteiger partial charge in [0.2, 0.25) is 0 Å². The van der Waals surface area contributed by atoms with Gasteiger partial charge in [-0.15, -0.1) is 0 Å². The molecule has 2 saturated heterocycles. The number of nitrogens with zero attached hydrogens (tertiary/aromatic N) is 1. The number of esters is 1. The zero-order valence-corrected chi connectivity index (χ0v) is 11.3. The first kappa shape index (κ1) is 13.2. The van der Waals surface area contributed by atoms with Crippen molar-refractivity contribution in [3.8, 4) is 0 Å². The van der Waals surface area contributed by atoms with Gasteiger partial charge in [0.25, 0.3) is 0 Å². The smallest absolute Gasteiger partial charge is 0.307 e. The molecule has 0 spiro atoms. The van der Waals surface area contributed by atoms with Gasteiger partial charge in [-0.05, 0) is 19.1 Å². The third-order valence-electron chi connectivity index (χ3n) is 3.54. The summed E-state index contributed by atoms with van der Waals surface area (Å²) in [4.78, 5) is 14.2. The van der Waals surface area contributed by atoms with Crippen molar-refractivity contribution in [2.75, 3.05) is 44.4 Å². The molecule has 0 radical (unpaired) electrons. The minimum atomic E-state index is -0.0542. The molecule has 0 aliphatic carbocycles. The highest BCUT2D eigenvalue weighted by molar-refractivity contribution is 7.99. The number of carbonyl (C=O) groups is 1. The quantitative estimate of drug-likeness (QED) is 0.708. The van der Waals surface area contributed by atoms with Gasteiger partial charge in [-0.1, -0.05) is 0 Å². The molecule has 0 N–H and O–H groups in total. The number of rotatable bonds is 4. The van der Waals surface area contributed by atoms with E-state index in [1.807, 2.05) is 18.7 Å². The molecule has 5 heteroatoms. The minimum absolute atomic E-state index is 0.0285. The van der Waals surface area contributed by atoms with Gasteiger partial charge in [-0.2, -0.15) is 11.8 Å². The number of hydrogen-bond donors (Lipinski definition) is 0. The minimum Gasteiger partial charge on any atom is -0.466 e. The second kappa shape index (κ2) is 6.07. The van der Waals surface area contributed by atoms with Crippen molar-refractivity contribution in [1.82, 2.24) is 4.90 Å². The van der Waals surface area contributed by atoms with Crippen LogP contribution in [-0.2, 0) is 14.3 Å². The average molecular weight is 259 g/mol. The van der Waals surface area contributed by atoms with Gasteiger partial charge in [0.15, 0.2) is 0 Å². The van der Waals surface area contributed by atoms with Crippen molar-refractivity contribution in [3.63, 3.8) is 0 Å². The molecule has 98 valence electrons. The number of ether oxygens (including phenoxy) is 2. The molecule has 17 heavy (non-hydrogen) atoms. The van der Waals surface area contributed by atoms with E-state index in [-0.39, 0.29) is 11.5 Å². The summed E-state index contributed by atoms with van der Waals surface area (Å²) < 4.78 is 10.5. The molecule has 0 aromatic heterocycles. The maximum absolute atomic E-state index is 11.8. The lowest BCUT2D eigenvalue weighted by atomic mass is 9.91. The van der Waals surface area contributed by atoms with Crippen LogP contribution in [0, 0.1) is 0 Å². The lowest BCUT2D eigenvalue weighted by Crippen LogP contribution is -2.54. The Morgan fingerprint density at radius 3 is 2.82 bits per heavy atom. The first-order valence-electron chi connectivity index (χ1n) is 6.33. The lowest BCUT2D eigenvalue weighted by molar-refractivity contribution is -0.147. The lowest BCUT2D eigenvalue weighted by Gasteiger charge is -2.42. The summed E-state index contributed by atoms with van der Waals surface area (Å²) >= 11 is 1.94. The molecule has 2 fully saturated rings. The maximum Gasteiger partial charge on any atom is 0.307 e. The summed E-state index contributed by atoms with van der Waals surface area (Å²) in [5.74, 6) is 2.14. The Kier molecular flexibility index (Phi) is 4.70. The van der Waals surface area contributed by atoms with Crippen LogP contribution < -0.4 is 0 Å². The van der Waals surface area contributed by atoms with Crippen molar-refractivity contribution >= 4 is 17.7 Å². The Labute approximate surface area is 107 Å². The van der Waals surface area contributed by atoms with Crippen molar-refractivity contribution in [2.24, 2.45) is 0 Å². The Balaban J connectivity index is 2.00. The van der Waals surface area contributed by atoms with Crippen LogP contribution in [0.25, 0.3) is 0 Å². The molecule has 0 aromatic carbocycles. The molecular weight excluding hydrogens is 238 g/mol. The summed E-state index contributed by atoms with van der Waals surface area (Å²) in [7, 11) is 0. The Morgan fingerprint density at radius 1 is 1.47 bits per heavy atom. The second-order valence-corrected chi connectivity index (χ2v) is 5.71. The summed E-state index contributed by atoms with van der Waals surface area (Å²) in [6, 6.07) is 0. The molecular formula is C12H21NO3S. The summed E-state index contributed by atoms with van der Waals surface area (Å²) in [5.41, 5.74) is 0.0285. The van der Waals surface area contributed by atoms with E-state index >= 15 is 0 Å². The van der Waals surface area contributed by atoms with Gasteiger partial charge in [0, 0.05) is 24.4 Å². The fourth-order valence-electron chi connectivity index (χ4n) is 2.62. The van der Waals surface area contributed by atoms with Gasteiger partial charge in [-0.3, -0.25) is 9.69 Å². The van der Waals surface area contributed by atoms with Crippen molar-refractivity contribution in [2.45, 2.75) is 25.3 Å². The molecule has 0 amide bonds. The van der Waals surface area contributed by atoms with Crippen LogP contribution >= 0.6 is 11.8 Å². The van der Waals surface area contributed by atoms with Crippen LogP contribution in [0.3, 0.4) is 0 Å². The van der Waals surface area contributed by atoms with E-state index in [9.17, 15) is 4.79 Å². The number of thioether (sulfide) groups is 1. The molecule has 4 nitrogen and oxygen atoms in total. The fourth-order valence-corrected chi connectivity index (χ4v) is 4.09. The molecule has 0 saturated carbocycles. The molecule has 2 aliphatic rings. The van der Waals surface area contributed by atoms with E-state index in [0.29, 0.717) is 13.0 Å². The third kappa shape index (κ3) is 3.14. The van der Waals surface area contributed by atoms with Crippen LogP contribution in [0.2, 0.25) is 0 Å². The van der Waals surface area contributed by atoms with E-state index in [4.69, 9.17) is 9.47 Å². The molecule has 2 heterocycles. The van der Waals surface area contributed by atoms with Crippen LogP contribution in [0.4, 0.5) is 0 Å².